The van der Waals surface area contributed by atoms with E-state index < -0.39 is 6.04 Å². The molecule has 6 heteroatoms. The van der Waals surface area contributed by atoms with Gasteiger partial charge in [-0.1, -0.05) is 48.4 Å². The van der Waals surface area contributed by atoms with Gasteiger partial charge in [-0.15, -0.1) is 11.8 Å². The molecule has 0 aliphatic carbocycles. The van der Waals surface area contributed by atoms with Crippen LogP contribution in [0.4, 0.5) is 4.39 Å². The summed E-state index contributed by atoms with van der Waals surface area (Å²) in [5.41, 5.74) is 4.38. The van der Waals surface area contributed by atoms with Crippen molar-refractivity contribution in [3.8, 4) is 0 Å². The van der Waals surface area contributed by atoms with Crippen LogP contribution >= 0.6 is 11.8 Å². The average molecular weight is 445 g/mol. The van der Waals surface area contributed by atoms with Crippen LogP contribution in [0.1, 0.15) is 49.4 Å². The maximum atomic E-state index is 13.3. The summed E-state index contributed by atoms with van der Waals surface area (Å²) in [6, 6.07) is 11.8. The Morgan fingerprint density at radius 1 is 1.03 bits per heavy atom. The van der Waals surface area contributed by atoms with E-state index in [-0.39, 0.29) is 36.0 Å². The van der Waals surface area contributed by atoms with Crippen molar-refractivity contribution in [3.63, 3.8) is 0 Å². The molecule has 1 N–H and O–H groups in total. The number of rotatable bonds is 10. The largest absolute Gasteiger partial charge is 0.352 e. The Hall–Kier alpha value is -2.34. The fraction of sp³-hybridized carbons (Fsp3) is 0.440. The molecule has 31 heavy (non-hydrogen) atoms. The van der Waals surface area contributed by atoms with E-state index in [1.54, 1.807) is 24.0 Å². The van der Waals surface area contributed by atoms with Crippen molar-refractivity contribution in [3.05, 3.63) is 70.5 Å². The first-order valence-electron chi connectivity index (χ1n) is 10.7. The molecule has 0 aromatic heterocycles. The third kappa shape index (κ3) is 8.02. The van der Waals surface area contributed by atoms with Gasteiger partial charge in [-0.3, -0.25) is 9.59 Å². The van der Waals surface area contributed by atoms with Gasteiger partial charge >= 0.3 is 0 Å². The second-order valence-electron chi connectivity index (χ2n) is 8.13. The summed E-state index contributed by atoms with van der Waals surface area (Å²) in [5.74, 6) is 0.393. The Balaban J connectivity index is 2.08. The highest BCUT2D eigenvalue weighted by atomic mass is 32.2. The van der Waals surface area contributed by atoms with Crippen molar-refractivity contribution in [1.29, 1.82) is 0 Å². The minimum atomic E-state index is -0.617. The van der Waals surface area contributed by atoms with Gasteiger partial charge in [0.25, 0.3) is 0 Å². The van der Waals surface area contributed by atoms with Gasteiger partial charge in [-0.2, -0.15) is 0 Å². The predicted octanol–water partition coefficient (Wildman–Crippen LogP) is 5.01. The number of hydrogen-bond donors (Lipinski definition) is 1. The first-order chi connectivity index (χ1) is 14.7. The zero-order valence-electron chi connectivity index (χ0n) is 19.1. The fourth-order valence-electron chi connectivity index (χ4n) is 3.33. The number of aryl methyl sites for hydroxylation is 2. The number of benzene rings is 2. The van der Waals surface area contributed by atoms with Crippen LogP contribution in [0.15, 0.2) is 42.5 Å². The number of carbonyl (C=O) groups excluding carboxylic acids is 2. The minimum Gasteiger partial charge on any atom is -0.352 e. The Bertz CT molecular complexity index is 865. The van der Waals surface area contributed by atoms with Crippen molar-refractivity contribution in [2.24, 2.45) is 0 Å². The van der Waals surface area contributed by atoms with E-state index in [4.69, 9.17) is 0 Å². The summed E-state index contributed by atoms with van der Waals surface area (Å²) in [6.45, 7) is 10.1. The average Bonchev–Trinajstić information content (AvgIpc) is 2.71. The Morgan fingerprint density at radius 2 is 1.65 bits per heavy atom. The lowest BCUT2D eigenvalue weighted by molar-refractivity contribution is -0.138. The molecule has 0 radical (unpaired) electrons. The highest BCUT2D eigenvalue weighted by Crippen LogP contribution is 2.18. The van der Waals surface area contributed by atoms with E-state index in [9.17, 15) is 14.0 Å². The first-order valence-corrected chi connectivity index (χ1v) is 11.8. The van der Waals surface area contributed by atoms with E-state index in [1.165, 1.54) is 40.6 Å². The van der Waals surface area contributed by atoms with Crippen LogP contribution in [0.2, 0.25) is 0 Å². The number of halogens is 1. The molecule has 2 amide bonds. The second kappa shape index (κ2) is 11.9. The van der Waals surface area contributed by atoms with E-state index in [0.717, 1.165) is 17.7 Å². The van der Waals surface area contributed by atoms with Crippen LogP contribution in [0.25, 0.3) is 0 Å². The lowest BCUT2D eigenvalue weighted by Crippen LogP contribution is -2.50. The maximum Gasteiger partial charge on any atom is 0.242 e. The molecule has 4 nitrogen and oxygen atoms in total. The molecular weight excluding hydrogens is 411 g/mol. The first kappa shape index (κ1) is 24.9. The summed E-state index contributed by atoms with van der Waals surface area (Å²) in [7, 11) is 0. The zero-order valence-corrected chi connectivity index (χ0v) is 19.9. The van der Waals surface area contributed by atoms with E-state index in [0.29, 0.717) is 0 Å². The van der Waals surface area contributed by atoms with Gasteiger partial charge in [0.05, 0.1) is 5.75 Å². The molecule has 2 aromatic carbocycles. The van der Waals surface area contributed by atoms with Gasteiger partial charge in [-0.05, 0) is 57.4 Å². The molecule has 0 heterocycles. The Morgan fingerprint density at radius 3 is 2.23 bits per heavy atom. The van der Waals surface area contributed by atoms with Gasteiger partial charge in [0, 0.05) is 18.3 Å². The van der Waals surface area contributed by atoms with Gasteiger partial charge < -0.3 is 10.2 Å². The summed E-state index contributed by atoms with van der Waals surface area (Å²) in [6.07, 6.45) is 0.816. The van der Waals surface area contributed by atoms with Crippen molar-refractivity contribution < 1.29 is 14.0 Å². The number of carbonyl (C=O) groups is 2. The third-order valence-electron chi connectivity index (χ3n) is 5.21. The highest BCUT2D eigenvalue weighted by molar-refractivity contribution is 7.99. The summed E-state index contributed by atoms with van der Waals surface area (Å²) < 4.78 is 13.3. The molecule has 168 valence electrons. The van der Waals surface area contributed by atoms with Gasteiger partial charge in [-0.25, -0.2) is 4.39 Å². The number of amides is 2. The van der Waals surface area contributed by atoms with Crippen molar-refractivity contribution in [1.82, 2.24) is 10.2 Å². The van der Waals surface area contributed by atoms with Gasteiger partial charge in [0.1, 0.15) is 11.9 Å². The molecule has 0 bridgehead atoms. The molecule has 2 atom stereocenters. The van der Waals surface area contributed by atoms with Crippen molar-refractivity contribution in [2.75, 3.05) is 5.75 Å². The quantitative estimate of drug-likeness (QED) is 0.561. The van der Waals surface area contributed by atoms with Crippen molar-refractivity contribution >= 4 is 23.6 Å². The van der Waals surface area contributed by atoms with Crippen LogP contribution in [-0.4, -0.2) is 34.6 Å². The standard InChI is InChI=1S/C25H33FN2O2S/c1-6-19(4)27-25(30)20(5)28(14-21-7-9-23(26)10-8-21)24(29)16-31-15-22-12-17(2)11-18(3)13-22/h7-13,19-20H,6,14-16H2,1-5H3,(H,27,30)/t19-,20+/m1/s1. The Labute approximate surface area is 189 Å². The van der Waals surface area contributed by atoms with Crippen LogP contribution in [-0.2, 0) is 21.9 Å². The molecule has 2 aromatic rings. The molecular formula is C25H33FN2O2S. The lowest BCUT2D eigenvalue weighted by Gasteiger charge is -2.29. The monoisotopic (exact) mass is 444 g/mol. The van der Waals surface area contributed by atoms with Crippen molar-refractivity contribution in [2.45, 2.75) is 65.4 Å². The van der Waals surface area contributed by atoms with E-state index >= 15 is 0 Å². The molecule has 0 aliphatic rings. The molecule has 0 saturated heterocycles. The van der Waals surface area contributed by atoms with Crippen LogP contribution in [0, 0.1) is 19.7 Å². The van der Waals surface area contributed by atoms with E-state index in [1.807, 2.05) is 13.8 Å². The van der Waals surface area contributed by atoms with E-state index in [2.05, 4.69) is 37.4 Å². The molecule has 0 fully saturated rings. The summed E-state index contributed by atoms with van der Waals surface area (Å²) in [4.78, 5) is 27.4. The topological polar surface area (TPSA) is 49.4 Å². The van der Waals surface area contributed by atoms with Crippen LogP contribution in [0.5, 0.6) is 0 Å². The fourth-order valence-corrected chi connectivity index (χ4v) is 4.17. The summed E-state index contributed by atoms with van der Waals surface area (Å²) >= 11 is 1.54. The lowest BCUT2D eigenvalue weighted by atomic mass is 10.1. The van der Waals surface area contributed by atoms with Gasteiger partial charge in [0.15, 0.2) is 0 Å². The van der Waals surface area contributed by atoms with Crippen LogP contribution in [0.3, 0.4) is 0 Å². The van der Waals surface area contributed by atoms with Crippen LogP contribution < -0.4 is 5.32 Å². The van der Waals surface area contributed by atoms with Gasteiger partial charge in [0.2, 0.25) is 11.8 Å². The number of nitrogens with one attached hydrogen (secondary N) is 1. The minimum absolute atomic E-state index is 0.0386. The SMILES string of the molecule is CC[C@@H](C)NC(=O)[C@H](C)N(Cc1ccc(F)cc1)C(=O)CSCc1cc(C)cc(C)c1. The molecule has 0 saturated carbocycles. The molecule has 2 rings (SSSR count). The molecule has 0 unspecified atom stereocenters. The third-order valence-corrected chi connectivity index (χ3v) is 6.20. The number of hydrogen-bond acceptors (Lipinski definition) is 3. The normalized spacial score (nSPS) is 12.8. The smallest absolute Gasteiger partial charge is 0.242 e. The number of nitrogens with zero attached hydrogens (tertiary/aromatic N) is 1. The summed E-state index contributed by atoms with van der Waals surface area (Å²) in [5, 5.41) is 2.95. The zero-order chi connectivity index (χ0) is 23.0. The maximum absolute atomic E-state index is 13.3. The Kier molecular flexibility index (Phi) is 9.56. The molecule has 0 aliphatic heterocycles. The highest BCUT2D eigenvalue weighted by Gasteiger charge is 2.26. The molecule has 0 spiro atoms. The second-order valence-corrected chi connectivity index (χ2v) is 9.12. The number of thioether (sulfide) groups is 1. The predicted molar refractivity (Wildman–Crippen MR) is 126 cm³/mol.